The molecule has 1 saturated heterocycles. The second-order valence-electron chi connectivity index (χ2n) is 7.90. The van der Waals surface area contributed by atoms with Gasteiger partial charge in [-0.2, -0.15) is 0 Å². The van der Waals surface area contributed by atoms with E-state index in [2.05, 4.69) is 54.9 Å². The van der Waals surface area contributed by atoms with Crippen molar-refractivity contribution in [2.75, 3.05) is 68.3 Å². The van der Waals surface area contributed by atoms with Crippen molar-refractivity contribution in [2.45, 2.75) is 0 Å². The molecule has 10 nitrogen and oxygen atoms in total. The highest BCUT2D eigenvalue weighted by Crippen LogP contribution is 2.29. The lowest BCUT2D eigenvalue weighted by Gasteiger charge is -2.34. The number of nitrogens with one attached hydrogen (secondary N) is 3. The maximum atomic E-state index is 12.5. The number of amides is 2. The van der Waals surface area contributed by atoms with Crippen molar-refractivity contribution in [2.24, 2.45) is 0 Å². The van der Waals surface area contributed by atoms with E-state index in [0.29, 0.717) is 28.8 Å². The van der Waals surface area contributed by atoms with Crippen LogP contribution in [0.15, 0.2) is 54.9 Å². The van der Waals surface area contributed by atoms with E-state index in [-0.39, 0.29) is 0 Å². The Morgan fingerprint density at radius 3 is 2.32 bits per heavy atom. The summed E-state index contributed by atoms with van der Waals surface area (Å²) in [6.07, 6.45) is 1.39. The first-order valence-electron chi connectivity index (χ1n) is 11.0. The second kappa shape index (κ2) is 10.7. The van der Waals surface area contributed by atoms with Crippen molar-refractivity contribution >= 4 is 34.7 Å². The number of ether oxygens (including phenoxy) is 2. The lowest BCUT2D eigenvalue weighted by Crippen LogP contribution is -2.44. The molecule has 0 unspecified atom stereocenters. The highest BCUT2D eigenvalue weighted by Gasteiger charge is 2.14. The van der Waals surface area contributed by atoms with Crippen LogP contribution < -0.4 is 30.3 Å². The van der Waals surface area contributed by atoms with E-state index < -0.39 is 6.03 Å². The molecule has 0 radical (unpaired) electrons. The van der Waals surface area contributed by atoms with E-state index in [9.17, 15) is 4.79 Å². The molecule has 2 amide bonds. The average molecular weight is 464 g/mol. The third-order valence-corrected chi connectivity index (χ3v) is 5.57. The molecule has 3 N–H and O–H groups in total. The van der Waals surface area contributed by atoms with Crippen LogP contribution in [0.2, 0.25) is 0 Å². The maximum absolute atomic E-state index is 12.5. The molecule has 4 rings (SSSR count). The molecule has 34 heavy (non-hydrogen) atoms. The number of urea groups is 1. The molecule has 0 spiro atoms. The highest BCUT2D eigenvalue weighted by atomic mass is 16.5. The average Bonchev–Trinajstić information content (AvgIpc) is 2.85. The van der Waals surface area contributed by atoms with Gasteiger partial charge in [0.25, 0.3) is 0 Å². The Bertz CT molecular complexity index is 1120. The zero-order chi connectivity index (χ0) is 23.9. The van der Waals surface area contributed by atoms with Crippen LogP contribution in [-0.4, -0.2) is 68.3 Å². The number of nitrogens with zero attached hydrogens (tertiary/aromatic N) is 4. The number of methoxy groups -OCH3 is 2. The first kappa shape index (κ1) is 23.1. The summed E-state index contributed by atoms with van der Waals surface area (Å²) in [6.45, 7) is 4.17. The van der Waals surface area contributed by atoms with E-state index in [4.69, 9.17) is 9.47 Å². The van der Waals surface area contributed by atoms with Crippen LogP contribution >= 0.6 is 0 Å². The van der Waals surface area contributed by atoms with Gasteiger partial charge in [0.05, 0.1) is 19.9 Å². The predicted molar refractivity (Wildman–Crippen MR) is 134 cm³/mol. The summed E-state index contributed by atoms with van der Waals surface area (Å²) in [4.78, 5) is 25.6. The van der Waals surface area contributed by atoms with Gasteiger partial charge < -0.3 is 29.9 Å². The van der Waals surface area contributed by atoms with Gasteiger partial charge in [-0.25, -0.2) is 14.8 Å². The van der Waals surface area contributed by atoms with E-state index in [1.165, 1.54) is 19.1 Å². The zero-order valence-corrected chi connectivity index (χ0v) is 19.5. The van der Waals surface area contributed by atoms with Crippen molar-refractivity contribution in [3.05, 3.63) is 54.9 Å². The van der Waals surface area contributed by atoms with Crippen molar-refractivity contribution in [1.82, 2.24) is 14.9 Å². The van der Waals surface area contributed by atoms with Crippen LogP contribution in [0, 0.1) is 0 Å². The van der Waals surface area contributed by atoms with Gasteiger partial charge in [0.1, 0.15) is 29.5 Å². The largest absolute Gasteiger partial charge is 0.497 e. The zero-order valence-electron chi connectivity index (χ0n) is 19.5. The van der Waals surface area contributed by atoms with E-state index in [1.54, 1.807) is 31.4 Å². The summed E-state index contributed by atoms with van der Waals surface area (Å²) >= 11 is 0. The number of likely N-dealkylation sites (N-methyl/N-ethyl adjacent to an activating group) is 1. The lowest BCUT2D eigenvalue weighted by molar-refractivity contribution is 0.262. The molecule has 1 fully saturated rings. The Morgan fingerprint density at radius 2 is 1.62 bits per heavy atom. The molecular formula is C24H29N7O3. The summed E-state index contributed by atoms with van der Waals surface area (Å²) in [5.74, 6) is 2.03. The standard InChI is InChI=1S/C24H29N7O3/c1-30-10-12-31(13-11-30)18-6-4-17(5-7-18)27-22-15-23(26-16-25-22)29-24(32)28-20-14-19(33-2)8-9-21(20)34-3/h4-9,14-16H,10-13H2,1-3H3,(H3,25,26,27,28,29,32). The number of benzene rings is 2. The van der Waals surface area contributed by atoms with E-state index in [0.717, 1.165) is 31.9 Å². The van der Waals surface area contributed by atoms with Crippen LogP contribution in [0.25, 0.3) is 0 Å². The van der Waals surface area contributed by atoms with Gasteiger partial charge in [0, 0.05) is 49.7 Å². The van der Waals surface area contributed by atoms with Crippen LogP contribution in [0.1, 0.15) is 0 Å². The highest BCUT2D eigenvalue weighted by molar-refractivity contribution is 6.00. The summed E-state index contributed by atoms with van der Waals surface area (Å²) in [6, 6.07) is 14.6. The number of hydrogen-bond donors (Lipinski definition) is 3. The van der Waals surface area contributed by atoms with E-state index >= 15 is 0 Å². The normalized spacial score (nSPS) is 13.8. The molecule has 0 atom stereocenters. The minimum Gasteiger partial charge on any atom is -0.497 e. The third-order valence-electron chi connectivity index (χ3n) is 5.57. The Kier molecular flexibility index (Phi) is 7.28. The smallest absolute Gasteiger partial charge is 0.324 e. The van der Waals surface area contributed by atoms with Crippen LogP contribution in [0.3, 0.4) is 0 Å². The first-order valence-corrected chi connectivity index (χ1v) is 11.0. The number of carbonyl (C=O) groups excluding carboxylic acids is 1. The molecule has 178 valence electrons. The molecule has 0 saturated carbocycles. The number of rotatable bonds is 7. The summed E-state index contributed by atoms with van der Waals surface area (Å²) in [7, 11) is 5.24. The van der Waals surface area contributed by atoms with E-state index in [1.807, 2.05) is 12.1 Å². The van der Waals surface area contributed by atoms with Gasteiger partial charge in [0.15, 0.2) is 0 Å². The monoisotopic (exact) mass is 463 g/mol. The third kappa shape index (κ3) is 5.84. The molecule has 1 aliphatic rings. The topological polar surface area (TPSA) is 104 Å². The fourth-order valence-corrected chi connectivity index (χ4v) is 3.64. The summed E-state index contributed by atoms with van der Waals surface area (Å²) in [5, 5.41) is 8.71. The SMILES string of the molecule is COc1ccc(OC)c(NC(=O)Nc2cc(Nc3ccc(N4CCN(C)CC4)cc3)ncn2)c1. The molecule has 0 bridgehead atoms. The number of carbonyl (C=O) groups is 1. The molecule has 0 aliphatic carbocycles. The summed E-state index contributed by atoms with van der Waals surface area (Å²) in [5.41, 5.74) is 2.58. The Hall–Kier alpha value is -4.05. The number of piperazine rings is 1. The lowest BCUT2D eigenvalue weighted by atomic mass is 10.2. The van der Waals surface area contributed by atoms with Crippen LogP contribution in [0.5, 0.6) is 11.5 Å². The van der Waals surface area contributed by atoms with Crippen molar-refractivity contribution in [3.63, 3.8) is 0 Å². The van der Waals surface area contributed by atoms with Gasteiger partial charge in [-0.15, -0.1) is 0 Å². The number of anilines is 5. The first-order chi connectivity index (χ1) is 16.5. The van der Waals surface area contributed by atoms with Crippen molar-refractivity contribution < 1.29 is 14.3 Å². The molecular weight excluding hydrogens is 434 g/mol. The molecule has 3 aromatic rings. The quantitative estimate of drug-likeness (QED) is 0.488. The minimum atomic E-state index is -0.465. The molecule has 2 aromatic carbocycles. The Labute approximate surface area is 198 Å². The fourth-order valence-electron chi connectivity index (χ4n) is 3.64. The predicted octanol–water partition coefficient (Wildman–Crippen LogP) is 3.63. The van der Waals surface area contributed by atoms with Crippen molar-refractivity contribution in [3.8, 4) is 11.5 Å². The van der Waals surface area contributed by atoms with Gasteiger partial charge >= 0.3 is 6.03 Å². The Morgan fingerprint density at radius 1 is 0.882 bits per heavy atom. The van der Waals surface area contributed by atoms with Crippen LogP contribution in [0.4, 0.5) is 33.5 Å². The van der Waals surface area contributed by atoms with Gasteiger partial charge in [-0.3, -0.25) is 5.32 Å². The maximum Gasteiger partial charge on any atom is 0.324 e. The summed E-state index contributed by atoms with van der Waals surface area (Å²) < 4.78 is 10.5. The molecule has 10 heteroatoms. The fraction of sp³-hybridized carbons (Fsp3) is 0.292. The number of aromatic nitrogens is 2. The van der Waals surface area contributed by atoms with Crippen LogP contribution in [-0.2, 0) is 0 Å². The van der Waals surface area contributed by atoms with Crippen molar-refractivity contribution in [1.29, 1.82) is 0 Å². The second-order valence-corrected chi connectivity index (χ2v) is 7.90. The van der Waals surface area contributed by atoms with Gasteiger partial charge in [-0.05, 0) is 43.4 Å². The Balaban J connectivity index is 1.37. The molecule has 1 aromatic heterocycles. The molecule has 2 heterocycles. The number of hydrogen-bond acceptors (Lipinski definition) is 8. The minimum absolute atomic E-state index is 0.353. The molecule has 1 aliphatic heterocycles. The van der Waals surface area contributed by atoms with Gasteiger partial charge in [0.2, 0.25) is 0 Å². The van der Waals surface area contributed by atoms with Gasteiger partial charge in [-0.1, -0.05) is 0 Å².